The number of anilines is 3. The van der Waals surface area contributed by atoms with Gasteiger partial charge in [-0.05, 0) is 42.8 Å². The van der Waals surface area contributed by atoms with Gasteiger partial charge in [0.25, 0.3) is 5.91 Å². The maximum Gasteiger partial charge on any atom is 0.274 e. The molecule has 0 aliphatic rings. The summed E-state index contributed by atoms with van der Waals surface area (Å²) in [6, 6.07) is 29.3. The molecule has 0 bridgehead atoms. The minimum absolute atomic E-state index is 0.268. The van der Waals surface area contributed by atoms with Crippen molar-refractivity contribution in [3.8, 4) is 0 Å². The molecule has 30 heavy (non-hydrogen) atoms. The number of rotatable bonds is 6. The van der Waals surface area contributed by atoms with E-state index >= 15 is 0 Å². The number of aryl methyl sites for hydroxylation is 1. The smallest absolute Gasteiger partial charge is 0.274 e. The predicted octanol–water partition coefficient (Wildman–Crippen LogP) is 5.38. The van der Waals surface area contributed by atoms with Crippen LogP contribution in [0, 0.1) is 6.92 Å². The van der Waals surface area contributed by atoms with Crippen molar-refractivity contribution in [2.24, 2.45) is 0 Å². The molecule has 0 radical (unpaired) electrons. The predicted molar refractivity (Wildman–Crippen MR) is 120 cm³/mol. The SMILES string of the molecule is Cc1ccc(NC(=O)c2ccnc(N(Cc3ccccc3)c3ccccc3)n2)cc1. The zero-order valence-corrected chi connectivity index (χ0v) is 16.7. The normalized spacial score (nSPS) is 10.4. The van der Waals surface area contributed by atoms with Crippen molar-refractivity contribution in [3.63, 3.8) is 0 Å². The van der Waals surface area contributed by atoms with Crippen molar-refractivity contribution >= 4 is 23.2 Å². The summed E-state index contributed by atoms with van der Waals surface area (Å²) >= 11 is 0. The van der Waals surface area contributed by atoms with Gasteiger partial charge < -0.3 is 10.2 Å². The lowest BCUT2D eigenvalue weighted by molar-refractivity contribution is 0.102. The molecular formula is C25H22N4O. The van der Waals surface area contributed by atoms with E-state index in [2.05, 4.69) is 27.4 Å². The molecular weight excluding hydrogens is 372 g/mol. The maximum absolute atomic E-state index is 12.7. The Morgan fingerprint density at radius 3 is 2.23 bits per heavy atom. The lowest BCUT2D eigenvalue weighted by Crippen LogP contribution is -2.21. The molecule has 1 amide bonds. The first-order valence-corrected chi connectivity index (χ1v) is 9.76. The van der Waals surface area contributed by atoms with Crippen LogP contribution < -0.4 is 10.2 Å². The van der Waals surface area contributed by atoms with Gasteiger partial charge in [0.05, 0.1) is 6.54 Å². The summed E-state index contributed by atoms with van der Waals surface area (Å²) in [5.41, 5.74) is 4.26. The highest BCUT2D eigenvalue weighted by Crippen LogP contribution is 2.24. The summed E-state index contributed by atoms with van der Waals surface area (Å²) in [5, 5.41) is 2.89. The topological polar surface area (TPSA) is 58.1 Å². The number of aromatic nitrogens is 2. The number of benzene rings is 3. The van der Waals surface area contributed by atoms with E-state index in [1.165, 1.54) is 0 Å². The fourth-order valence-electron chi connectivity index (χ4n) is 3.09. The van der Waals surface area contributed by atoms with Crippen LogP contribution in [-0.4, -0.2) is 15.9 Å². The van der Waals surface area contributed by atoms with Gasteiger partial charge in [-0.3, -0.25) is 4.79 Å². The summed E-state index contributed by atoms with van der Waals surface area (Å²) in [5.74, 6) is 0.205. The number of carbonyl (C=O) groups is 1. The summed E-state index contributed by atoms with van der Waals surface area (Å²) < 4.78 is 0. The van der Waals surface area contributed by atoms with Gasteiger partial charge in [0.15, 0.2) is 0 Å². The molecule has 0 saturated carbocycles. The molecule has 148 valence electrons. The van der Waals surface area contributed by atoms with E-state index in [9.17, 15) is 4.79 Å². The number of nitrogens with zero attached hydrogens (tertiary/aromatic N) is 3. The van der Waals surface area contributed by atoms with Gasteiger partial charge in [0, 0.05) is 17.6 Å². The number of nitrogens with one attached hydrogen (secondary N) is 1. The molecule has 0 fully saturated rings. The molecule has 5 nitrogen and oxygen atoms in total. The highest BCUT2D eigenvalue weighted by molar-refractivity contribution is 6.03. The fraction of sp³-hybridized carbons (Fsp3) is 0.0800. The second-order valence-electron chi connectivity index (χ2n) is 6.97. The third-order valence-corrected chi connectivity index (χ3v) is 4.68. The molecule has 4 aromatic rings. The first-order valence-electron chi connectivity index (χ1n) is 9.76. The van der Waals surface area contributed by atoms with E-state index in [-0.39, 0.29) is 5.91 Å². The lowest BCUT2D eigenvalue weighted by atomic mass is 10.2. The van der Waals surface area contributed by atoms with Gasteiger partial charge in [0.1, 0.15) is 5.69 Å². The Bertz CT molecular complexity index is 1110. The van der Waals surface area contributed by atoms with Gasteiger partial charge in [-0.15, -0.1) is 0 Å². The molecule has 1 heterocycles. The molecule has 0 aliphatic carbocycles. The Kier molecular flexibility index (Phi) is 5.80. The summed E-state index contributed by atoms with van der Waals surface area (Å²) in [7, 11) is 0. The van der Waals surface area contributed by atoms with Crippen LogP contribution in [0.25, 0.3) is 0 Å². The molecule has 0 atom stereocenters. The van der Waals surface area contributed by atoms with E-state index in [0.29, 0.717) is 18.2 Å². The number of hydrogen-bond donors (Lipinski definition) is 1. The van der Waals surface area contributed by atoms with E-state index in [1.54, 1.807) is 12.3 Å². The zero-order valence-electron chi connectivity index (χ0n) is 16.7. The Balaban J connectivity index is 1.63. The van der Waals surface area contributed by atoms with Crippen LogP contribution in [0.1, 0.15) is 21.6 Å². The highest BCUT2D eigenvalue weighted by Gasteiger charge is 2.16. The number of amides is 1. The Morgan fingerprint density at radius 1 is 0.867 bits per heavy atom. The molecule has 0 aliphatic heterocycles. The molecule has 1 N–H and O–H groups in total. The zero-order chi connectivity index (χ0) is 20.8. The first kappa shape index (κ1) is 19.3. The number of carbonyl (C=O) groups excluding carboxylic acids is 1. The van der Waals surface area contributed by atoms with Crippen molar-refractivity contribution in [1.29, 1.82) is 0 Å². The van der Waals surface area contributed by atoms with Gasteiger partial charge in [-0.2, -0.15) is 0 Å². The number of hydrogen-bond acceptors (Lipinski definition) is 4. The monoisotopic (exact) mass is 394 g/mol. The van der Waals surface area contributed by atoms with Crippen LogP contribution in [0.3, 0.4) is 0 Å². The maximum atomic E-state index is 12.7. The van der Waals surface area contributed by atoms with Crippen LogP contribution in [0.15, 0.2) is 97.2 Å². The minimum Gasteiger partial charge on any atom is -0.321 e. The van der Waals surface area contributed by atoms with Crippen molar-refractivity contribution in [2.75, 3.05) is 10.2 Å². The molecule has 1 aromatic heterocycles. The van der Waals surface area contributed by atoms with E-state index in [1.807, 2.05) is 84.6 Å². The standard InChI is InChI=1S/C25H22N4O/c1-19-12-14-21(15-13-19)27-24(30)23-16-17-26-25(28-23)29(22-10-6-3-7-11-22)18-20-8-4-2-5-9-20/h2-17H,18H2,1H3,(H,27,30). The Morgan fingerprint density at radius 2 is 1.53 bits per heavy atom. The molecule has 0 saturated heterocycles. The second-order valence-corrected chi connectivity index (χ2v) is 6.97. The molecule has 5 heteroatoms. The average molecular weight is 394 g/mol. The van der Waals surface area contributed by atoms with Crippen molar-refractivity contribution < 1.29 is 4.79 Å². The third-order valence-electron chi connectivity index (χ3n) is 4.68. The van der Waals surface area contributed by atoms with E-state index < -0.39 is 0 Å². The van der Waals surface area contributed by atoms with Crippen molar-refractivity contribution in [1.82, 2.24) is 9.97 Å². The summed E-state index contributed by atoms with van der Waals surface area (Å²) in [6.45, 7) is 2.60. The molecule has 0 spiro atoms. The van der Waals surface area contributed by atoms with E-state index in [0.717, 1.165) is 22.5 Å². The van der Waals surface area contributed by atoms with Crippen LogP contribution in [0.4, 0.5) is 17.3 Å². The molecule has 0 unspecified atom stereocenters. The third kappa shape index (κ3) is 4.70. The van der Waals surface area contributed by atoms with Crippen LogP contribution in [0.2, 0.25) is 0 Å². The lowest BCUT2D eigenvalue weighted by Gasteiger charge is -2.23. The average Bonchev–Trinajstić information content (AvgIpc) is 2.80. The summed E-state index contributed by atoms with van der Waals surface area (Å²) in [4.78, 5) is 23.8. The van der Waals surface area contributed by atoms with Crippen molar-refractivity contribution in [3.05, 3.63) is 114 Å². The fourth-order valence-corrected chi connectivity index (χ4v) is 3.09. The van der Waals surface area contributed by atoms with Crippen LogP contribution in [-0.2, 0) is 6.54 Å². The first-order chi connectivity index (χ1) is 14.7. The second kappa shape index (κ2) is 9.01. The van der Waals surface area contributed by atoms with Crippen molar-refractivity contribution in [2.45, 2.75) is 13.5 Å². The van der Waals surface area contributed by atoms with Gasteiger partial charge in [0.2, 0.25) is 5.95 Å². The highest BCUT2D eigenvalue weighted by atomic mass is 16.1. The Labute approximate surface area is 176 Å². The molecule has 4 rings (SSSR count). The van der Waals surface area contributed by atoms with Crippen LogP contribution in [0.5, 0.6) is 0 Å². The van der Waals surface area contributed by atoms with Gasteiger partial charge in [-0.25, -0.2) is 9.97 Å². The molecule has 3 aromatic carbocycles. The largest absolute Gasteiger partial charge is 0.321 e. The van der Waals surface area contributed by atoms with Crippen LogP contribution >= 0.6 is 0 Å². The Hall–Kier alpha value is -3.99. The van der Waals surface area contributed by atoms with Gasteiger partial charge in [-0.1, -0.05) is 66.2 Å². The minimum atomic E-state index is -0.268. The number of para-hydroxylation sites is 1. The van der Waals surface area contributed by atoms with E-state index in [4.69, 9.17) is 0 Å². The quantitative estimate of drug-likeness (QED) is 0.477. The summed E-state index contributed by atoms with van der Waals surface area (Å²) in [6.07, 6.45) is 1.62. The van der Waals surface area contributed by atoms with Gasteiger partial charge >= 0.3 is 0 Å².